The maximum absolute atomic E-state index is 12.7. The zero-order valence-corrected chi connectivity index (χ0v) is 15.5. The van der Waals surface area contributed by atoms with E-state index >= 15 is 0 Å². The predicted molar refractivity (Wildman–Crippen MR) is 98.0 cm³/mol. The molecule has 148 valence electrons. The summed E-state index contributed by atoms with van der Waals surface area (Å²) in [7, 11) is 1.49. The molecule has 0 atom stereocenters. The molecule has 1 N–H and O–H groups in total. The van der Waals surface area contributed by atoms with E-state index in [1.165, 1.54) is 7.11 Å². The Bertz CT molecular complexity index is 856. The molecule has 2 aliphatic heterocycles. The molecule has 1 saturated heterocycles. The average molecular weight is 387 g/mol. The maximum Gasteiger partial charge on any atom is 0.321 e. The van der Waals surface area contributed by atoms with Crippen molar-refractivity contribution in [1.29, 1.82) is 0 Å². The third kappa shape index (κ3) is 3.91. The van der Waals surface area contributed by atoms with Crippen molar-refractivity contribution in [2.75, 3.05) is 51.5 Å². The molecule has 1 aromatic carbocycles. The quantitative estimate of drug-likeness (QED) is 0.781. The van der Waals surface area contributed by atoms with E-state index in [1.807, 2.05) is 4.90 Å². The fraction of sp³-hybridized carbons (Fsp3) is 0.444. The molecule has 1 fully saturated rings. The van der Waals surface area contributed by atoms with Crippen molar-refractivity contribution in [1.82, 2.24) is 20.3 Å². The summed E-state index contributed by atoms with van der Waals surface area (Å²) in [4.78, 5) is 27.6. The van der Waals surface area contributed by atoms with Gasteiger partial charge in [-0.25, -0.2) is 0 Å². The number of nitrogens with zero attached hydrogens (tertiary/aromatic N) is 4. The van der Waals surface area contributed by atoms with Gasteiger partial charge in [0, 0.05) is 13.1 Å². The fourth-order valence-corrected chi connectivity index (χ4v) is 2.97. The monoisotopic (exact) mass is 387 g/mol. The molecule has 0 aliphatic carbocycles. The van der Waals surface area contributed by atoms with Crippen LogP contribution in [0.2, 0.25) is 0 Å². The highest BCUT2D eigenvalue weighted by Crippen LogP contribution is 2.33. The number of amides is 1. The molecule has 2 aromatic rings. The number of nitrogens with one attached hydrogen (secondary N) is 1. The van der Waals surface area contributed by atoms with Crippen molar-refractivity contribution in [3.8, 4) is 17.5 Å². The zero-order chi connectivity index (χ0) is 19.3. The largest absolute Gasteiger partial charge is 0.486 e. The number of fused-ring (bicyclic) bond motifs is 1. The number of carbonyl (C=O) groups excluding carboxylic acids is 1. The van der Waals surface area contributed by atoms with E-state index in [2.05, 4.69) is 20.3 Å². The van der Waals surface area contributed by atoms with Gasteiger partial charge in [-0.2, -0.15) is 15.0 Å². The Morgan fingerprint density at radius 3 is 2.79 bits per heavy atom. The van der Waals surface area contributed by atoms with Crippen molar-refractivity contribution in [3.63, 3.8) is 0 Å². The van der Waals surface area contributed by atoms with Crippen molar-refractivity contribution in [3.05, 3.63) is 29.6 Å². The van der Waals surface area contributed by atoms with Crippen LogP contribution in [0.3, 0.4) is 0 Å². The second kappa shape index (κ2) is 8.26. The third-order valence-corrected chi connectivity index (χ3v) is 4.34. The van der Waals surface area contributed by atoms with Gasteiger partial charge in [-0.1, -0.05) is 6.07 Å². The molecule has 28 heavy (non-hydrogen) atoms. The first-order valence-corrected chi connectivity index (χ1v) is 9.03. The Morgan fingerprint density at radius 1 is 1.14 bits per heavy atom. The second-order valence-corrected chi connectivity index (χ2v) is 6.15. The molecule has 3 heterocycles. The highest BCUT2D eigenvalue weighted by Gasteiger charge is 2.21. The van der Waals surface area contributed by atoms with Crippen LogP contribution in [0.25, 0.3) is 0 Å². The van der Waals surface area contributed by atoms with Gasteiger partial charge in [-0.15, -0.1) is 0 Å². The number of rotatable bonds is 5. The Kier molecular flexibility index (Phi) is 5.38. The third-order valence-electron chi connectivity index (χ3n) is 4.34. The van der Waals surface area contributed by atoms with Gasteiger partial charge in [0.2, 0.25) is 5.95 Å². The summed E-state index contributed by atoms with van der Waals surface area (Å²) in [5.74, 6) is 1.63. The summed E-state index contributed by atoms with van der Waals surface area (Å²) >= 11 is 0. The van der Waals surface area contributed by atoms with Gasteiger partial charge in [0.1, 0.15) is 13.2 Å². The van der Waals surface area contributed by atoms with Gasteiger partial charge in [0.05, 0.1) is 32.4 Å². The van der Waals surface area contributed by atoms with Crippen molar-refractivity contribution < 1.29 is 23.7 Å². The number of morpholine rings is 1. The minimum Gasteiger partial charge on any atom is -0.486 e. The molecular formula is C18H21N5O5. The fourth-order valence-electron chi connectivity index (χ4n) is 2.97. The van der Waals surface area contributed by atoms with E-state index in [-0.39, 0.29) is 18.5 Å². The second-order valence-electron chi connectivity index (χ2n) is 6.15. The summed E-state index contributed by atoms with van der Waals surface area (Å²) < 4.78 is 21.7. The van der Waals surface area contributed by atoms with Crippen LogP contribution in [0.1, 0.15) is 16.2 Å². The van der Waals surface area contributed by atoms with Gasteiger partial charge >= 0.3 is 6.01 Å². The topological polar surface area (TPSA) is 108 Å². The number of benzene rings is 1. The highest BCUT2D eigenvalue weighted by molar-refractivity contribution is 5.97. The Morgan fingerprint density at radius 2 is 1.96 bits per heavy atom. The van der Waals surface area contributed by atoms with E-state index in [9.17, 15) is 4.79 Å². The summed E-state index contributed by atoms with van der Waals surface area (Å²) in [6, 6.07) is 5.42. The lowest BCUT2D eigenvalue weighted by Crippen LogP contribution is -2.37. The molecule has 4 rings (SSSR count). The molecule has 10 heteroatoms. The predicted octanol–water partition coefficient (Wildman–Crippen LogP) is 0.418. The van der Waals surface area contributed by atoms with Crippen LogP contribution in [0.15, 0.2) is 18.2 Å². The number of aromatic nitrogens is 3. The van der Waals surface area contributed by atoms with Crippen LogP contribution in [0, 0.1) is 0 Å². The van der Waals surface area contributed by atoms with E-state index in [4.69, 9.17) is 18.9 Å². The maximum atomic E-state index is 12.7. The first-order valence-electron chi connectivity index (χ1n) is 9.03. The number of anilines is 1. The van der Waals surface area contributed by atoms with Gasteiger partial charge in [-0.05, 0) is 12.1 Å². The van der Waals surface area contributed by atoms with Crippen LogP contribution < -0.4 is 24.4 Å². The summed E-state index contributed by atoms with van der Waals surface area (Å²) in [5, 5.41) is 2.82. The Labute approximate surface area is 161 Å². The zero-order valence-electron chi connectivity index (χ0n) is 15.5. The standard InChI is InChI=1S/C18H21N5O5/c1-25-18-21-14(20-17(22-18)23-5-7-26-8-6-23)11-19-16(24)12-3-2-4-13-15(12)28-10-9-27-13/h2-4H,5-11H2,1H3,(H,19,24). The molecule has 0 bridgehead atoms. The highest BCUT2D eigenvalue weighted by atomic mass is 16.6. The average Bonchev–Trinajstić information content (AvgIpc) is 2.77. The lowest BCUT2D eigenvalue weighted by molar-refractivity contribution is 0.0938. The van der Waals surface area contributed by atoms with Crippen LogP contribution >= 0.6 is 0 Å². The van der Waals surface area contributed by atoms with Crippen molar-refractivity contribution in [2.24, 2.45) is 0 Å². The SMILES string of the molecule is COc1nc(CNC(=O)c2cccc3c2OCCO3)nc(N2CCOCC2)n1. The van der Waals surface area contributed by atoms with E-state index in [1.54, 1.807) is 18.2 Å². The smallest absolute Gasteiger partial charge is 0.321 e. The first kappa shape index (κ1) is 18.2. The Hall–Kier alpha value is -3.14. The molecule has 0 spiro atoms. The molecule has 0 saturated carbocycles. The van der Waals surface area contributed by atoms with E-state index < -0.39 is 0 Å². The number of ether oxygens (including phenoxy) is 4. The van der Waals surface area contributed by atoms with E-state index in [0.717, 1.165) is 0 Å². The van der Waals surface area contributed by atoms with Crippen LogP contribution in [-0.4, -0.2) is 67.5 Å². The van der Waals surface area contributed by atoms with Crippen LogP contribution in [0.5, 0.6) is 17.5 Å². The molecule has 0 radical (unpaired) electrons. The minimum atomic E-state index is -0.297. The van der Waals surface area contributed by atoms with Gasteiger partial charge in [0.25, 0.3) is 5.91 Å². The lowest BCUT2D eigenvalue weighted by atomic mass is 10.1. The normalized spacial score (nSPS) is 15.8. The molecule has 1 aromatic heterocycles. The van der Waals surface area contributed by atoms with Gasteiger partial charge in [0.15, 0.2) is 17.3 Å². The number of carbonyl (C=O) groups is 1. The van der Waals surface area contributed by atoms with Gasteiger partial charge < -0.3 is 29.2 Å². The number of para-hydroxylation sites is 1. The minimum absolute atomic E-state index is 0.125. The molecule has 2 aliphatic rings. The molecule has 0 unspecified atom stereocenters. The lowest BCUT2D eigenvalue weighted by Gasteiger charge is -2.26. The van der Waals surface area contributed by atoms with Crippen LogP contribution in [0.4, 0.5) is 5.95 Å². The van der Waals surface area contributed by atoms with Crippen molar-refractivity contribution in [2.45, 2.75) is 6.54 Å². The van der Waals surface area contributed by atoms with E-state index in [0.29, 0.717) is 68.4 Å². The summed E-state index contributed by atoms with van der Waals surface area (Å²) in [6.45, 7) is 3.60. The number of methoxy groups -OCH3 is 1. The van der Waals surface area contributed by atoms with Gasteiger partial charge in [-0.3, -0.25) is 4.79 Å². The number of hydrogen-bond acceptors (Lipinski definition) is 9. The summed E-state index contributed by atoms with van der Waals surface area (Å²) in [5.41, 5.74) is 0.409. The Balaban J connectivity index is 1.49. The summed E-state index contributed by atoms with van der Waals surface area (Å²) in [6.07, 6.45) is 0. The molecular weight excluding hydrogens is 366 g/mol. The molecule has 10 nitrogen and oxygen atoms in total. The number of hydrogen-bond donors (Lipinski definition) is 1. The first-order chi connectivity index (χ1) is 13.7. The molecule has 1 amide bonds. The van der Waals surface area contributed by atoms with Crippen LogP contribution in [-0.2, 0) is 11.3 Å². The van der Waals surface area contributed by atoms with Crippen molar-refractivity contribution >= 4 is 11.9 Å².